The van der Waals surface area contributed by atoms with Crippen LogP contribution >= 0.6 is 0 Å². The second kappa shape index (κ2) is 5.08. The average molecular weight is 276 g/mol. The van der Waals surface area contributed by atoms with E-state index >= 15 is 0 Å². The summed E-state index contributed by atoms with van der Waals surface area (Å²) in [5.41, 5.74) is 1.86. The van der Waals surface area contributed by atoms with E-state index in [1.807, 2.05) is 59.2 Å². The molecule has 0 atom stereocenters. The minimum Gasteiger partial charge on any atom is -0.378 e. The number of nitrogens with zero attached hydrogens (tertiary/aromatic N) is 2. The Hall–Kier alpha value is -2.57. The van der Waals surface area contributed by atoms with Crippen molar-refractivity contribution in [2.24, 2.45) is 0 Å². The van der Waals surface area contributed by atoms with Crippen LogP contribution in [0, 0.1) is 11.8 Å². The minimum absolute atomic E-state index is 0.629. The maximum Gasteiger partial charge on any atom is 0.191 e. The summed E-state index contributed by atoms with van der Waals surface area (Å²) in [6.45, 7) is 3.32. The third kappa shape index (κ3) is 2.81. The van der Waals surface area contributed by atoms with Crippen LogP contribution < -0.4 is 0 Å². The van der Waals surface area contributed by atoms with Gasteiger partial charge in [0.15, 0.2) is 5.82 Å². The molecule has 0 saturated heterocycles. The molecule has 0 radical (unpaired) electrons. The molecule has 1 aromatic heterocycles. The fraction of sp³-hybridized carbons (Fsp3) is 0.167. The Morgan fingerprint density at radius 2 is 1.67 bits per heavy atom. The van der Waals surface area contributed by atoms with Crippen molar-refractivity contribution in [3.8, 4) is 17.5 Å². The second-order valence-electron chi connectivity index (χ2n) is 5.40. The van der Waals surface area contributed by atoms with Crippen LogP contribution in [0.4, 0.5) is 0 Å². The molecule has 0 bridgehead atoms. The summed E-state index contributed by atoms with van der Waals surface area (Å²) < 4.78 is 2.01. The molecule has 3 aromatic rings. The standard InChI is InChI=1S/C18H16N2O/c1-18(2,21)13-12-17-19-15-10-6-7-11-16(15)20(17)14-8-4-3-5-9-14/h3-11,21H,1-2H3. The highest BCUT2D eigenvalue weighted by molar-refractivity contribution is 5.79. The van der Waals surface area contributed by atoms with Crippen LogP contribution in [0.5, 0.6) is 0 Å². The number of aliphatic hydroxyl groups is 1. The van der Waals surface area contributed by atoms with Crippen LogP contribution in [0.25, 0.3) is 16.7 Å². The molecular formula is C18H16N2O. The van der Waals surface area contributed by atoms with Crippen LogP contribution in [0.2, 0.25) is 0 Å². The van der Waals surface area contributed by atoms with Gasteiger partial charge in [0.2, 0.25) is 0 Å². The van der Waals surface area contributed by atoms with Gasteiger partial charge in [-0.2, -0.15) is 0 Å². The van der Waals surface area contributed by atoms with Crippen molar-refractivity contribution in [1.29, 1.82) is 0 Å². The number of benzene rings is 2. The summed E-state index contributed by atoms with van der Waals surface area (Å²) in [6.07, 6.45) is 0. The first-order chi connectivity index (χ1) is 10.0. The van der Waals surface area contributed by atoms with E-state index in [0.717, 1.165) is 16.7 Å². The smallest absolute Gasteiger partial charge is 0.191 e. The van der Waals surface area contributed by atoms with E-state index in [-0.39, 0.29) is 0 Å². The maximum absolute atomic E-state index is 9.80. The van der Waals surface area contributed by atoms with Gasteiger partial charge in [-0.1, -0.05) is 36.3 Å². The molecule has 3 nitrogen and oxygen atoms in total. The third-order valence-electron chi connectivity index (χ3n) is 3.06. The molecule has 3 heteroatoms. The molecular weight excluding hydrogens is 260 g/mol. The van der Waals surface area contributed by atoms with Gasteiger partial charge in [0.25, 0.3) is 0 Å². The van der Waals surface area contributed by atoms with Gasteiger partial charge in [0.1, 0.15) is 5.60 Å². The predicted octanol–water partition coefficient (Wildman–Crippen LogP) is 3.15. The van der Waals surface area contributed by atoms with E-state index in [9.17, 15) is 5.11 Å². The summed E-state index contributed by atoms with van der Waals surface area (Å²) >= 11 is 0. The van der Waals surface area contributed by atoms with E-state index in [2.05, 4.69) is 16.8 Å². The van der Waals surface area contributed by atoms with Crippen molar-refractivity contribution < 1.29 is 5.11 Å². The predicted molar refractivity (Wildman–Crippen MR) is 84.2 cm³/mol. The fourth-order valence-electron chi connectivity index (χ4n) is 2.16. The lowest BCUT2D eigenvalue weighted by molar-refractivity contribution is 0.143. The van der Waals surface area contributed by atoms with Gasteiger partial charge in [-0.25, -0.2) is 4.98 Å². The third-order valence-corrected chi connectivity index (χ3v) is 3.06. The highest BCUT2D eigenvalue weighted by atomic mass is 16.3. The van der Waals surface area contributed by atoms with Gasteiger partial charge >= 0.3 is 0 Å². The molecule has 0 saturated carbocycles. The minimum atomic E-state index is -1.04. The van der Waals surface area contributed by atoms with E-state index in [4.69, 9.17) is 0 Å². The Bertz CT molecular complexity index is 830. The van der Waals surface area contributed by atoms with E-state index in [1.54, 1.807) is 13.8 Å². The molecule has 0 unspecified atom stereocenters. The summed E-state index contributed by atoms with van der Waals surface area (Å²) in [6, 6.07) is 17.9. The number of aromatic nitrogens is 2. The largest absolute Gasteiger partial charge is 0.378 e. The maximum atomic E-state index is 9.80. The normalized spacial score (nSPS) is 11.2. The lowest BCUT2D eigenvalue weighted by Gasteiger charge is -2.07. The van der Waals surface area contributed by atoms with Gasteiger partial charge in [0.05, 0.1) is 11.0 Å². The molecule has 0 aliphatic carbocycles. The average Bonchev–Trinajstić information content (AvgIpc) is 2.84. The monoisotopic (exact) mass is 276 g/mol. The zero-order chi connectivity index (χ0) is 14.9. The number of rotatable bonds is 1. The fourth-order valence-corrected chi connectivity index (χ4v) is 2.16. The van der Waals surface area contributed by atoms with Crippen molar-refractivity contribution in [1.82, 2.24) is 9.55 Å². The lowest BCUT2D eigenvalue weighted by Crippen LogP contribution is -2.14. The summed E-state index contributed by atoms with van der Waals surface area (Å²) in [5.74, 6) is 6.45. The lowest BCUT2D eigenvalue weighted by atomic mass is 10.1. The van der Waals surface area contributed by atoms with Gasteiger partial charge in [-0.3, -0.25) is 4.57 Å². The highest BCUT2D eigenvalue weighted by Gasteiger charge is 2.11. The molecule has 0 aliphatic rings. The first kappa shape index (κ1) is 13.4. The SMILES string of the molecule is CC(C)(O)C#Cc1nc2ccccc2n1-c1ccccc1. The highest BCUT2D eigenvalue weighted by Crippen LogP contribution is 2.21. The molecule has 0 spiro atoms. The molecule has 0 fully saturated rings. The Morgan fingerprint density at radius 3 is 2.38 bits per heavy atom. The molecule has 21 heavy (non-hydrogen) atoms. The van der Waals surface area contributed by atoms with Gasteiger partial charge in [0, 0.05) is 5.69 Å². The van der Waals surface area contributed by atoms with Crippen molar-refractivity contribution in [2.75, 3.05) is 0 Å². The quantitative estimate of drug-likeness (QED) is 0.693. The van der Waals surface area contributed by atoms with Gasteiger partial charge in [-0.05, 0) is 44.0 Å². The molecule has 1 heterocycles. The van der Waals surface area contributed by atoms with E-state index in [0.29, 0.717) is 5.82 Å². The Balaban J connectivity index is 2.26. The zero-order valence-corrected chi connectivity index (χ0v) is 12.0. The number of imidazole rings is 1. The van der Waals surface area contributed by atoms with Gasteiger partial charge < -0.3 is 5.11 Å². The number of hydrogen-bond acceptors (Lipinski definition) is 2. The van der Waals surface area contributed by atoms with E-state index < -0.39 is 5.60 Å². The van der Waals surface area contributed by atoms with Crippen molar-refractivity contribution in [2.45, 2.75) is 19.4 Å². The first-order valence-electron chi connectivity index (χ1n) is 6.83. The van der Waals surface area contributed by atoms with Crippen LogP contribution in [-0.4, -0.2) is 20.3 Å². The topological polar surface area (TPSA) is 38.1 Å². The first-order valence-corrected chi connectivity index (χ1v) is 6.83. The Labute approximate surface area is 123 Å². The van der Waals surface area contributed by atoms with Crippen LogP contribution in [0.1, 0.15) is 19.7 Å². The van der Waals surface area contributed by atoms with Crippen molar-refractivity contribution in [3.05, 3.63) is 60.4 Å². The molecule has 0 aliphatic heterocycles. The molecule has 1 N–H and O–H groups in total. The Morgan fingerprint density at radius 1 is 1.00 bits per heavy atom. The number of fused-ring (bicyclic) bond motifs is 1. The second-order valence-corrected chi connectivity index (χ2v) is 5.40. The molecule has 3 rings (SSSR count). The van der Waals surface area contributed by atoms with E-state index in [1.165, 1.54) is 0 Å². The van der Waals surface area contributed by atoms with Crippen LogP contribution in [-0.2, 0) is 0 Å². The van der Waals surface area contributed by atoms with Crippen molar-refractivity contribution >= 4 is 11.0 Å². The summed E-state index contributed by atoms with van der Waals surface area (Å²) in [5, 5.41) is 9.80. The molecule has 0 amide bonds. The summed E-state index contributed by atoms with van der Waals surface area (Å²) in [7, 11) is 0. The number of hydrogen-bond donors (Lipinski definition) is 1. The molecule has 104 valence electrons. The zero-order valence-electron chi connectivity index (χ0n) is 12.0. The summed E-state index contributed by atoms with van der Waals surface area (Å²) in [4.78, 5) is 4.57. The molecule has 2 aromatic carbocycles. The van der Waals surface area contributed by atoms with Crippen LogP contribution in [0.15, 0.2) is 54.6 Å². The number of para-hydroxylation sites is 3. The van der Waals surface area contributed by atoms with Crippen molar-refractivity contribution in [3.63, 3.8) is 0 Å². The van der Waals surface area contributed by atoms with Gasteiger partial charge in [-0.15, -0.1) is 0 Å². The Kier molecular flexibility index (Phi) is 3.25. The van der Waals surface area contributed by atoms with Crippen LogP contribution in [0.3, 0.4) is 0 Å².